The van der Waals surface area contributed by atoms with Gasteiger partial charge in [-0.1, -0.05) is 62.6 Å². The lowest BCUT2D eigenvalue weighted by Crippen LogP contribution is -2.23. The van der Waals surface area contributed by atoms with E-state index in [1.165, 1.54) is 19.3 Å². The first kappa shape index (κ1) is 21.6. The fourth-order valence-electron chi connectivity index (χ4n) is 2.11. The van der Waals surface area contributed by atoms with Gasteiger partial charge in [-0.05, 0) is 45.4 Å². The molecule has 23 heavy (non-hydrogen) atoms. The molecule has 0 aliphatic heterocycles. The molecule has 0 fully saturated rings. The van der Waals surface area contributed by atoms with Crippen LogP contribution in [0.1, 0.15) is 78.1 Å². The summed E-state index contributed by atoms with van der Waals surface area (Å²) in [7, 11) is 0. The van der Waals surface area contributed by atoms with Gasteiger partial charge in [0, 0.05) is 6.42 Å². The van der Waals surface area contributed by atoms with Crippen molar-refractivity contribution in [2.75, 3.05) is 6.61 Å². The highest BCUT2D eigenvalue weighted by Gasteiger charge is 1.99. The first-order valence-electron chi connectivity index (χ1n) is 9.16. The minimum absolute atomic E-state index is 0.00646. The Kier molecular flexibility index (Phi) is 17.6. The molecule has 1 amide bonds. The fourth-order valence-corrected chi connectivity index (χ4v) is 2.11. The van der Waals surface area contributed by atoms with Crippen molar-refractivity contribution < 1.29 is 9.63 Å². The van der Waals surface area contributed by atoms with Crippen LogP contribution in [0.15, 0.2) is 36.5 Å². The number of carbonyl (C=O) groups excluding carboxylic acids is 1. The SMILES string of the molecule is CCC=CCC=CCC=CCCCCCCCC(=O)NOCC. The zero-order valence-electron chi connectivity index (χ0n) is 15.1. The first-order valence-corrected chi connectivity index (χ1v) is 9.16. The second kappa shape index (κ2) is 18.7. The molecule has 0 aromatic heterocycles. The summed E-state index contributed by atoms with van der Waals surface area (Å²) in [6.45, 7) is 4.53. The summed E-state index contributed by atoms with van der Waals surface area (Å²) < 4.78 is 0. The van der Waals surface area contributed by atoms with E-state index in [0.717, 1.165) is 38.5 Å². The van der Waals surface area contributed by atoms with Crippen molar-refractivity contribution in [2.45, 2.75) is 78.1 Å². The summed E-state index contributed by atoms with van der Waals surface area (Å²) in [6, 6.07) is 0. The average molecular weight is 322 g/mol. The van der Waals surface area contributed by atoms with Gasteiger partial charge in [-0.2, -0.15) is 0 Å². The Labute approximate surface area is 142 Å². The van der Waals surface area contributed by atoms with Crippen LogP contribution in [0, 0.1) is 0 Å². The smallest absolute Gasteiger partial charge is 0.243 e. The van der Waals surface area contributed by atoms with E-state index in [2.05, 4.69) is 48.9 Å². The standard InChI is InChI=1S/C20H35NO2/c1-3-5-6-7-8-9-10-11-12-13-14-15-16-17-18-19-20(22)21-23-4-2/h5-6,8-9,11-12H,3-4,7,10,13-19H2,1-2H3,(H,21,22). The molecule has 3 nitrogen and oxygen atoms in total. The van der Waals surface area contributed by atoms with Crippen molar-refractivity contribution in [2.24, 2.45) is 0 Å². The van der Waals surface area contributed by atoms with E-state index in [1.807, 2.05) is 6.92 Å². The molecule has 0 aliphatic rings. The fraction of sp³-hybridized carbons (Fsp3) is 0.650. The van der Waals surface area contributed by atoms with E-state index >= 15 is 0 Å². The number of unbranched alkanes of at least 4 members (excludes halogenated alkanes) is 5. The molecule has 0 atom stereocenters. The first-order chi connectivity index (χ1) is 11.3. The van der Waals surface area contributed by atoms with Gasteiger partial charge in [-0.15, -0.1) is 0 Å². The molecule has 0 radical (unpaired) electrons. The Morgan fingerprint density at radius 3 is 2.13 bits per heavy atom. The molecular formula is C20H35NO2. The minimum Gasteiger partial charge on any atom is -0.274 e. The van der Waals surface area contributed by atoms with Gasteiger partial charge in [0.1, 0.15) is 0 Å². The lowest BCUT2D eigenvalue weighted by molar-refractivity contribution is -0.133. The second-order valence-corrected chi connectivity index (χ2v) is 5.56. The Morgan fingerprint density at radius 1 is 0.826 bits per heavy atom. The molecule has 0 saturated heterocycles. The molecule has 0 aromatic carbocycles. The number of nitrogens with one attached hydrogen (secondary N) is 1. The van der Waals surface area contributed by atoms with Crippen LogP contribution in [0.25, 0.3) is 0 Å². The van der Waals surface area contributed by atoms with Crippen LogP contribution < -0.4 is 5.48 Å². The van der Waals surface area contributed by atoms with Crippen LogP contribution in [0.3, 0.4) is 0 Å². The minimum atomic E-state index is -0.00646. The zero-order chi connectivity index (χ0) is 17.0. The topological polar surface area (TPSA) is 38.3 Å². The van der Waals surface area contributed by atoms with Crippen LogP contribution in [0.5, 0.6) is 0 Å². The normalized spacial score (nSPS) is 11.9. The predicted octanol–water partition coefficient (Wildman–Crippen LogP) is 5.64. The van der Waals surface area contributed by atoms with Gasteiger partial charge in [0.25, 0.3) is 0 Å². The number of amides is 1. The van der Waals surface area contributed by atoms with Crippen LogP contribution in [-0.2, 0) is 9.63 Å². The van der Waals surface area contributed by atoms with Gasteiger partial charge >= 0.3 is 0 Å². The third-order valence-corrected chi connectivity index (χ3v) is 3.39. The second-order valence-electron chi connectivity index (χ2n) is 5.56. The molecule has 0 heterocycles. The van der Waals surface area contributed by atoms with Crippen LogP contribution in [0.2, 0.25) is 0 Å². The average Bonchev–Trinajstić information content (AvgIpc) is 2.56. The Balaban J connectivity index is 3.28. The third-order valence-electron chi connectivity index (χ3n) is 3.39. The summed E-state index contributed by atoms with van der Waals surface area (Å²) in [5.41, 5.74) is 2.42. The van der Waals surface area contributed by atoms with Gasteiger partial charge in [0.05, 0.1) is 6.61 Å². The molecule has 132 valence electrons. The number of rotatable bonds is 15. The van der Waals surface area contributed by atoms with E-state index in [1.54, 1.807) is 0 Å². The number of hydrogen-bond donors (Lipinski definition) is 1. The van der Waals surface area contributed by atoms with E-state index in [-0.39, 0.29) is 5.91 Å². The summed E-state index contributed by atoms with van der Waals surface area (Å²) in [5.74, 6) is -0.00646. The monoisotopic (exact) mass is 321 g/mol. The number of carbonyl (C=O) groups is 1. The molecule has 0 bridgehead atoms. The number of allylic oxidation sites excluding steroid dienone is 6. The summed E-state index contributed by atoms with van der Waals surface area (Å²) in [5, 5.41) is 0. The lowest BCUT2D eigenvalue weighted by Gasteiger charge is -2.03. The number of hydrogen-bond acceptors (Lipinski definition) is 2. The highest BCUT2D eigenvalue weighted by molar-refractivity contribution is 5.74. The molecule has 0 aromatic rings. The van der Waals surface area contributed by atoms with E-state index in [4.69, 9.17) is 4.84 Å². The quantitative estimate of drug-likeness (QED) is 0.241. The Bertz CT molecular complexity index is 346. The molecule has 0 rings (SSSR count). The Morgan fingerprint density at radius 2 is 1.43 bits per heavy atom. The van der Waals surface area contributed by atoms with Gasteiger partial charge in [-0.3, -0.25) is 9.63 Å². The van der Waals surface area contributed by atoms with Crippen molar-refractivity contribution in [1.82, 2.24) is 5.48 Å². The molecule has 0 spiro atoms. The molecule has 0 unspecified atom stereocenters. The maximum Gasteiger partial charge on any atom is 0.243 e. The Hall–Kier alpha value is -1.35. The van der Waals surface area contributed by atoms with E-state index in [0.29, 0.717) is 13.0 Å². The molecule has 0 saturated carbocycles. The van der Waals surface area contributed by atoms with Gasteiger partial charge in [-0.25, -0.2) is 5.48 Å². The van der Waals surface area contributed by atoms with Crippen molar-refractivity contribution >= 4 is 5.91 Å². The molecule has 3 heteroatoms. The van der Waals surface area contributed by atoms with Crippen LogP contribution >= 0.6 is 0 Å². The summed E-state index contributed by atoms with van der Waals surface area (Å²) in [6.07, 6.45) is 24.1. The maximum atomic E-state index is 11.3. The largest absolute Gasteiger partial charge is 0.274 e. The highest BCUT2D eigenvalue weighted by atomic mass is 16.6. The van der Waals surface area contributed by atoms with E-state index in [9.17, 15) is 4.79 Å². The summed E-state index contributed by atoms with van der Waals surface area (Å²) in [4.78, 5) is 16.1. The van der Waals surface area contributed by atoms with Crippen LogP contribution in [-0.4, -0.2) is 12.5 Å². The van der Waals surface area contributed by atoms with Crippen LogP contribution in [0.4, 0.5) is 0 Å². The zero-order valence-corrected chi connectivity index (χ0v) is 15.1. The summed E-state index contributed by atoms with van der Waals surface area (Å²) >= 11 is 0. The maximum absolute atomic E-state index is 11.3. The third kappa shape index (κ3) is 18.6. The van der Waals surface area contributed by atoms with Gasteiger partial charge in [0.15, 0.2) is 0 Å². The molecule has 1 N–H and O–H groups in total. The van der Waals surface area contributed by atoms with Crippen molar-refractivity contribution in [3.8, 4) is 0 Å². The van der Waals surface area contributed by atoms with Gasteiger partial charge in [0.2, 0.25) is 5.91 Å². The van der Waals surface area contributed by atoms with Gasteiger partial charge < -0.3 is 0 Å². The highest BCUT2D eigenvalue weighted by Crippen LogP contribution is 2.08. The molecular weight excluding hydrogens is 286 g/mol. The van der Waals surface area contributed by atoms with Crippen molar-refractivity contribution in [3.63, 3.8) is 0 Å². The predicted molar refractivity (Wildman–Crippen MR) is 99.0 cm³/mol. The lowest BCUT2D eigenvalue weighted by atomic mass is 10.1. The van der Waals surface area contributed by atoms with E-state index < -0.39 is 0 Å². The van der Waals surface area contributed by atoms with Crippen molar-refractivity contribution in [1.29, 1.82) is 0 Å². The van der Waals surface area contributed by atoms with Crippen molar-refractivity contribution in [3.05, 3.63) is 36.5 Å². The molecule has 0 aliphatic carbocycles. The number of hydroxylamine groups is 1.